The van der Waals surface area contributed by atoms with E-state index in [-0.39, 0.29) is 11.5 Å². The van der Waals surface area contributed by atoms with Crippen molar-refractivity contribution in [2.45, 2.75) is 11.8 Å². The Labute approximate surface area is 208 Å². The number of thiophene rings is 1. The van der Waals surface area contributed by atoms with Gasteiger partial charge in [0.25, 0.3) is 11.8 Å². The lowest BCUT2D eigenvalue weighted by Gasteiger charge is -2.05. The Hall–Kier alpha value is -4.06. The van der Waals surface area contributed by atoms with Gasteiger partial charge in [-0.3, -0.25) is 14.6 Å². The van der Waals surface area contributed by atoms with Crippen LogP contribution in [0.1, 0.15) is 36.7 Å². The molecule has 8 heteroatoms. The van der Waals surface area contributed by atoms with Crippen LogP contribution >= 0.6 is 11.3 Å². The van der Waals surface area contributed by atoms with E-state index in [0.717, 1.165) is 5.56 Å². The number of aromatic nitrogens is 1. The lowest BCUT2D eigenvalue weighted by atomic mass is 10.1. The molecular formula is C27H21N3O3S2. The Morgan fingerprint density at radius 2 is 1.74 bits per heavy atom. The van der Waals surface area contributed by atoms with Crippen molar-refractivity contribution in [2.75, 3.05) is 11.6 Å². The average molecular weight is 500 g/mol. The minimum atomic E-state index is -2.88. The number of rotatable bonds is 4. The normalized spacial score (nSPS) is 12.1. The average Bonchev–Trinajstić information content (AvgIpc) is 3.29. The topological polar surface area (TPSA) is 88.5 Å². The Morgan fingerprint density at radius 1 is 0.971 bits per heavy atom. The summed E-state index contributed by atoms with van der Waals surface area (Å²) in [6.45, 7) is 1.90. The van der Waals surface area contributed by atoms with E-state index in [1.807, 2.05) is 24.4 Å². The van der Waals surface area contributed by atoms with Crippen molar-refractivity contribution in [1.82, 2.24) is 4.98 Å². The smallest absolute Gasteiger partial charge is 0.286 e. The van der Waals surface area contributed by atoms with Crippen molar-refractivity contribution in [3.63, 3.8) is 0 Å². The Morgan fingerprint density at radius 3 is 2.49 bits per heavy atom. The van der Waals surface area contributed by atoms with Gasteiger partial charge in [-0.25, -0.2) is 4.21 Å². The van der Waals surface area contributed by atoms with E-state index in [4.69, 9.17) is 0 Å². The maximum absolute atomic E-state index is 12.9. The first kappa shape index (κ1) is 24.1. The maximum Gasteiger partial charge on any atom is 0.286 e. The summed E-state index contributed by atoms with van der Waals surface area (Å²) in [5.41, 5.74) is 2.97. The number of benzene rings is 2. The molecule has 6 nitrogen and oxygen atoms in total. The second-order valence-corrected chi connectivity index (χ2v) is 10.9. The molecule has 0 unspecified atom stereocenters. The number of nitrogens with one attached hydrogen (secondary N) is 1. The van der Waals surface area contributed by atoms with E-state index in [2.05, 4.69) is 26.5 Å². The molecule has 0 fully saturated rings. The number of anilines is 1. The first-order chi connectivity index (χ1) is 16.8. The molecule has 0 aliphatic rings. The summed E-state index contributed by atoms with van der Waals surface area (Å²) in [4.78, 5) is 30.4. The fraction of sp³-hybridized carbons (Fsp3) is 0.0741. The van der Waals surface area contributed by atoms with E-state index < -0.39 is 15.6 Å². The van der Waals surface area contributed by atoms with Crippen molar-refractivity contribution in [2.24, 2.45) is 4.36 Å². The molecule has 0 aliphatic heterocycles. The zero-order valence-corrected chi connectivity index (χ0v) is 20.7. The van der Waals surface area contributed by atoms with Gasteiger partial charge in [0, 0.05) is 40.4 Å². The minimum Gasteiger partial charge on any atom is -0.321 e. The second kappa shape index (κ2) is 10.5. The van der Waals surface area contributed by atoms with Crippen molar-refractivity contribution in [3.05, 3.63) is 112 Å². The van der Waals surface area contributed by atoms with Gasteiger partial charge in [0.2, 0.25) is 0 Å². The van der Waals surface area contributed by atoms with Crippen LogP contribution in [0.4, 0.5) is 5.69 Å². The summed E-state index contributed by atoms with van der Waals surface area (Å²) in [6, 6.07) is 19.3. The van der Waals surface area contributed by atoms with E-state index >= 15 is 0 Å². The first-order valence-corrected chi connectivity index (χ1v) is 13.4. The van der Waals surface area contributed by atoms with E-state index in [1.54, 1.807) is 54.6 Å². The molecule has 0 bridgehead atoms. The zero-order chi connectivity index (χ0) is 24.8. The number of amides is 2. The fourth-order valence-electron chi connectivity index (χ4n) is 3.17. The summed E-state index contributed by atoms with van der Waals surface area (Å²) in [5.74, 6) is 5.22. The number of aryl methyl sites for hydroxylation is 1. The van der Waals surface area contributed by atoms with Gasteiger partial charge < -0.3 is 5.32 Å². The van der Waals surface area contributed by atoms with Crippen LogP contribution in [0.3, 0.4) is 0 Å². The highest BCUT2D eigenvalue weighted by molar-refractivity contribution is 7.93. The largest absolute Gasteiger partial charge is 0.321 e. The molecular weight excluding hydrogens is 478 g/mol. The SMILES string of the molecule is Cc1ccsc1C(=O)Nc1cccc(C#Cc2cncc(C(=O)N=[S@](C)(=O)c3ccccc3)c2)c1. The summed E-state index contributed by atoms with van der Waals surface area (Å²) < 4.78 is 16.8. The third-order valence-corrected chi connectivity index (χ3v) is 7.64. The van der Waals surface area contributed by atoms with Crippen molar-refractivity contribution in [3.8, 4) is 11.8 Å². The molecule has 2 aromatic carbocycles. The van der Waals surface area contributed by atoms with Gasteiger partial charge in [0.1, 0.15) is 0 Å². The molecule has 174 valence electrons. The molecule has 0 saturated carbocycles. The third kappa shape index (κ3) is 6.09. The van der Waals surface area contributed by atoms with Crippen LogP contribution in [-0.4, -0.2) is 27.3 Å². The third-order valence-electron chi connectivity index (χ3n) is 4.96. The van der Waals surface area contributed by atoms with Crippen molar-refractivity contribution < 1.29 is 13.8 Å². The number of nitrogens with zero attached hydrogens (tertiary/aromatic N) is 2. The number of carbonyl (C=O) groups is 2. The number of hydrogen-bond acceptors (Lipinski definition) is 5. The van der Waals surface area contributed by atoms with Gasteiger partial charge in [-0.15, -0.1) is 11.3 Å². The lowest BCUT2D eigenvalue weighted by molar-refractivity contribution is 0.100. The van der Waals surface area contributed by atoms with Gasteiger partial charge in [-0.05, 0) is 60.3 Å². The van der Waals surface area contributed by atoms with Crippen molar-refractivity contribution >= 4 is 38.6 Å². The van der Waals surface area contributed by atoms with Gasteiger partial charge in [-0.2, -0.15) is 4.36 Å². The molecule has 0 aliphatic carbocycles. The summed E-state index contributed by atoms with van der Waals surface area (Å²) in [6.07, 6.45) is 4.35. The highest BCUT2D eigenvalue weighted by Crippen LogP contribution is 2.19. The Bertz CT molecular complexity index is 1590. The molecule has 2 amide bonds. The zero-order valence-electron chi connectivity index (χ0n) is 19.0. The van der Waals surface area contributed by atoms with E-state index in [9.17, 15) is 13.8 Å². The molecule has 35 heavy (non-hydrogen) atoms. The van der Waals surface area contributed by atoms with Crippen LogP contribution in [0.15, 0.2) is 93.8 Å². The lowest BCUT2D eigenvalue weighted by Crippen LogP contribution is -2.11. The molecule has 0 spiro atoms. The predicted octanol–water partition coefficient (Wildman–Crippen LogP) is 5.40. The number of hydrogen-bond donors (Lipinski definition) is 1. The quantitative estimate of drug-likeness (QED) is 0.381. The standard InChI is InChI=1S/C27H21N3O3S2/c1-19-13-14-34-25(19)27(32)29-23-8-6-7-20(16-23)11-12-21-15-22(18-28-17-21)26(31)30-35(2,33)24-9-4-3-5-10-24/h3-10,13-18H,1-2H3,(H,29,32)/t35-/m1/s1. The Kier molecular flexibility index (Phi) is 7.20. The van der Waals surface area contributed by atoms with Crippen LogP contribution in [0.25, 0.3) is 0 Å². The van der Waals surface area contributed by atoms with Crippen LogP contribution in [0.5, 0.6) is 0 Å². The van der Waals surface area contributed by atoms with Crippen LogP contribution in [0.2, 0.25) is 0 Å². The Balaban J connectivity index is 1.52. The maximum atomic E-state index is 12.9. The summed E-state index contributed by atoms with van der Waals surface area (Å²) in [5, 5.41) is 4.77. The van der Waals surface area contributed by atoms with Crippen LogP contribution in [-0.2, 0) is 9.73 Å². The second-order valence-electron chi connectivity index (χ2n) is 7.69. The molecule has 1 atom stereocenters. The van der Waals surface area contributed by atoms with E-state index in [0.29, 0.717) is 26.6 Å². The molecule has 4 aromatic rings. The fourth-order valence-corrected chi connectivity index (χ4v) is 5.18. The van der Waals surface area contributed by atoms with Gasteiger partial charge >= 0.3 is 0 Å². The van der Waals surface area contributed by atoms with Gasteiger partial charge in [-0.1, -0.05) is 36.1 Å². The number of carbonyl (C=O) groups excluding carboxylic acids is 2. The monoisotopic (exact) mass is 499 g/mol. The van der Waals surface area contributed by atoms with Crippen LogP contribution in [0, 0.1) is 18.8 Å². The molecule has 2 heterocycles. The first-order valence-electron chi connectivity index (χ1n) is 10.6. The molecule has 0 radical (unpaired) electrons. The molecule has 1 N–H and O–H groups in total. The highest BCUT2D eigenvalue weighted by atomic mass is 32.2. The van der Waals surface area contributed by atoms with Gasteiger partial charge in [0.05, 0.1) is 20.2 Å². The highest BCUT2D eigenvalue weighted by Gasteiger charge is 2.12. The van der Waals surface area contributed by atoms with E-state index in [1.165, 1.54) is 30.0 Å². The van der Waals surface area contributed by atoms with Gasteiger partial charge in [0.15, 0.2) is 0 Å². The van der Waals surface area contributed by atoms with Crippen LogP contribution < -0.4 is 5.32 Å². The minimum absolute atomic E-state index is 0.162. The molecule has 4 rings (SSSR count). The van der Waals surface area contributed by atoms with Crippen molar-refractivity contribution in [1.29, 1.82) is 0 Å². The summed E-state index contributed by atoms with van der Waals surface area (Å²) >= 11 is 1.39. The molecule has 0 saturated heterocycles. The number of pyridine rings is 1. The predicted molar refractivity (Wildman–Crippen MR) is 139 cm³/mol. The molecule has 2 aromatic heterocycles. The summed E-state index contributed by atoms with van der Waals surface area (Å²) in [7, 11) is -2.88.